The number of nitrogens with zero attached hydrogens (tertiary/aromatic N) is 3. The van der Waals surface area contributed by atoms with Crippen molar-refractivity contribution in [3.05, 3.63) is 12.2 Å². The van der Waals surface area contributed by atoms with Gasteiger partial charge in [-0.25, -0.2) is 4.98 Å². The molecule has 0 bridgehead atoms. The molecule has 0 fully saturated rings. The van der Waals surface area contributed by atoms with Crippen LogP contribution in [0.15, 0.2) is 6.33 Å². The molecule has 1 aromatic rings. The van der Waals surface area contributed by atoms with Gasteiger partial charge in [0.25, 0.3) is 0 Å². The zero-order chi connectivity index (χ0) is 10.3. The first kappa shape index (κ1) is 4.08. The molecule has 0 aliphatic rings. The summed E-state index contributed by atoms with van der Waals surface area (Å²) >= 11 is 0. The molecule has 1 aromatic heterocycles. The molecule has 10 heavy (non-hydrogen) atoms. The molecule has 56 valence electrons. The largest absolute Gasteiger partial charge is 0.382 e. The maximum Gasteiger partial charge on any atom is 0.181 e. The summed E-state index contributed by atoms with van der Waals surface area (Å²) in [5.74, 6) is 0.101. The van der Waals surface area contributed by atoms with Crippen molar-refractivity contribution in [1.82, 2.24) is 14.8 Å². The van der Waals surface area contributed by atoms with E-state index in [9.17, 15) is 5.11 Å². The number of rotatable bonds is 1. The second kappa shape index (κ2) is 2.05. The second-order valence-electron chi connectivity index (χ2n) is 2.57. The molecule has 0 aliphatic heterocycles. The van der Waals surface area contributed by atoms with Gasteiger partial charge in [0.2, 0.25) is 0 Å². The van der Waals surface area contributed by atoms with Gasteiger partial charge >= 0.3 is 0 Å². The van der Waals surface area contributed by atoms with Crippen molar-refractivity contribution >= 4 is 0 Å². The van der Waals surface area contributed by atoms with Gasteiger partial charge < -0.3 is 5.11 Å². The summed E-state index contributed by atoms with van der Waals surface area (Å²) < 4.78 is 21.8. The minimum Gasteiger partial charge on any atom is -0.382 e. The summed E-state index contributed by atoms with van der Waals surface area (Å²) in [5.41, 5.74) is -1.21. The van der Waals surface area contributed by atoms with Gasteiger partial charge in [0.1, 0.15) is 11.9 Å². The quantitative estimate of drug-likeness (QED) is 0.605. The van der Waals surface area contributed by atoms with E-state index in [0.717, 1.165) is 11.0 Å². The molecule has 0 aromatic carbocycles. The fourth-order valence-corrected chi connectivity index (χ4v) is 0.543. The normalized spacial score (nSPS) is 17.7. The maximum atomic E-state index is 9.45. The lowest BCUT2D eigenvalue weighted by molar-refractivity contribution is 0.0686. The zero-order valence-corrected chi connectivity index (χ0v) is 5.87. The van der Waals surface area contributed by atoms with Crippen LogP contribution in [0, 0.1) is 0 Å². The molecule has 4 heteroatoms. The lowest BCUT2D eigenvalue weighted by atomic mass is 10.1. The number of hydrogen-bond acceptors (Lipinski definition) is 3. The summed E-state index contributed by atoms with van der Waals surface area (Å²) in [6.07, 6.45) is 1.08. The van der Waals surface area contributed by atoms with E-state index in [0.29, 0.717) is 0 Å². The highest BCUT2D eigenvalue weighted by Crippen LogP contribution is 2.12. The van der Waals surface area contributed by atoms with Crippen molar-refractivity contribution in [2.75, 3.05) is 0 Å². The van der Waals surface area contributed by atoms with Crippen LogP contribution in [-0.4, -0.2) is 19.9 Å². The monoisotopic (exact) mass is 144 g/mol. The highest BCUT2D eigenvalue weighted by atomic mass is 16.3. The maximum absolute atomic E-state index is 9.45. The fraction of sp³-hybridized carbons (Fsp3) is 0.667. The smallest absolute Gasteiger partial charge is 0.181 e. The van der Waals surface area contributed by atoms with Crippen LogP contribution in [0.2, 0.25) is 0 Å². The summed E-state index contributed by atoms with van der Waals surface area (Å²) in [7, 11) is 0. The summed E-state index contributed by atoms with van der Waals surface area (Å²) in [4.78, 5) is 3.70. The van der Waals surface area contributed by atoms with Crippen LogP contribution in [0.5, 0.6) is 0 Å². The molecule has 0 atom stereocenters. The molecule has 0 aliphatic carbocycles. The van der Waals surface area contributed by atoms with Crippen molar-refractivity contribution in [2.45, 2.75) is 19.4 Å². The molecule has 0 radical (unpaired) electrons. The molecule has 1 heterocycles. The third-order valence-corrected chi connectivity index (χ3v) is 1.04. The van der Waals surface area contributed by atoms with Crippen LogP contribution in [0.1, 0.15) is 23.8 Å². The van der Waals surface area contributed by atoms with Gasteiger partial charge in [0.05, 0.1) is 0 Å². The van der Waals surface area contributed by atoms with Crippen molar-refractivity contribution in [3.63, 3.8) is 0 Å². The number of hydrogen-bond donors (Lipinski definition) is 1. The van der Waals surface area contributed by atoms with E-state index in [1.54, 1.807) is 0 Å². The van der Waals surface area contributed by atoms with Gasteiger partial charge in [-0.15, -0.1) is 0 Å². The SMILES string of the molecule is [2H]C([2H])([2H])n1cnc(C(C)(C)O)n1. The van der Waals surface area contributed by atoms with Gasteiger partial charge in [-0.05, 0) is 13.8 Å². The number of aliphatic hydroxyl groups is 1. The summed E-state index contributed by atoms with van der Waals surface area (Å²) in [6, 6.07) is 0. The lowest BCUT2D eigenvalue weighted by Crippen LogP contribution is -2.17. The van der Waals surface area contributed by atoms with E-state index in [-0.39, 0.29) is 5.82 Å². The average Bonchev–Trinajstić information content (AvgIpc) is 2.28. The van der Waals surface area contributed by atoms with Gasteiger partial charge in [0.15, 0.2) is 5.82 Å². The van der Waals surface area contributed by atoms with E-state index in [4.69, 9.17) is 4.11 Å². The molecule has 0 amide bonds. The third-order valence-electron chi connectivity index (χ3n) is 1.04. The van der Waals surface area contributed by atoms with Crippen LogP contribution in [0.4, 0.5) is 0 Å². The molecule has 4 nitrogen and oxygen atoms in total. The summed E-state index contributed by atoms with van der Waals surface area (Å²) in [6.45, 7) is 0.648. The van der Waals surface area contributed by atoms with Crippen LogP contribution >= 0.6 is 0 Å². The Balaban J connectivity index is 3.01. The van der Waals surface area contributed by atoms with E-state index < -0.39 is 12.6 Å². The van der Waals surface area contributed by atoms with Crippen molar-refractivity contribution in [1.29, 1.82) is 0 Å². The average molecular weight is 144 g/mol. The topological polar surface area (TPSA) is 50.9 Å². The Kier molecular flexibility index (Phi) is 0.838. The minimum absolute atomic E-state index is 0.101. The Labute approximate surface area is 63.7 Å². The van der Waals surface area contributed by atoms with Gasteiger partial charge in [-0.3, -0.25) is 4.68 Å². The Morgan fingerprint density at radius 2 is 2.50 bits per heavy atom. The van der Waals surface area contributed by atoms with Crippen molar-refractivity contribution in [3.8, 4) is 0 Å². The number of aromatic nitrogens is 3. The van der Waals surface area contributed by atoms with Crippen LogP contribution < -0.4 is 0 Å². The van der Waals surface area contributed by atoms with Gasteiger partial charge in [-0.1, -0.05) is 0 Å². The Hall–Kier alpha value is -0.900. The van der Waals surface area contributed by atoms with Crippen molar-refractivity contribution < 1.29 is 9.22 Å². The lowest BCUT2D eigenvalue weighted by Gasteiger charge is -2.10. The van der Waals surface area contributed by atoms with Crippen LogP contribution in [-0.2, 0) is 12.6 Å². The highest BCUT2D eigenvalue weighted by Gasteiger charge is 2.20. The van der Waals surface area contributed by atoms with Crippen molar-refractivity contribution in [2.24, 2.45) is 6.98 Å². The molecule has 1 rings (SSSR count). The van der Waals surface area contributed by atoms with Gasteiger partial charge in [0, 0.05) is 11.1 Å². The first-order valence-corrected chi connectivity index (χ1v) is 2.86. The Bertz CT molecular complexity index is 270. The van der Waals surface area contributed by atoms with Gasteiger partial charge in [-0.2, -0.15) is 5.10 Å². The molecule has 0 spiro atoms. The van der Waals surface area contributed by atoms with Crippen LogP contribution in [0.3, 0.4) is 0 Å². The van der Waals surface area contributed by atoms with Crippen LogP contribution in [0.25, 0.3) is 0 Å². The molecular weight excluding hydrogens is 130 g/mol. The van der Waals surface area contributed by atoms with E-state index in [1.165, 1.54) is 13.8 Å². The zero-order valence-electron chi connectivity index (χ0n) is 8.87. The highest BCUT2D eigenvalue weighted by molar-refractivity contribution is 4.93. The summed E-state index contributed by atoms with van der Waals surface area (Å²) in [5, 5.41) is 13.1. The molecule has 0 saturated carbocycles. The fourth-order valence-electron chi connectivity index (χ4n) is 0.543. The molecule has 1 N–H and O–H groups in total. The molecule has 0 unspecified atom stereocenters. The third kappa shape index (κ3) is 1.33. The second-order valence-corrected chi connectivity index (χ2v) is 2.57. The molecular formula is C6H11N3O. The Morgan fingerprint density at radius 1 is 1.80 bits per heavy atom. The van der Waals surface area contributed by atoms with E-state index >= 15 is 0 Å². The predicted molar refractivity (Wildman–Crippen MR) is 36.2 cm³/mol. The minimum atomic E-state index is -2.34. The Morgan fingerprint density at radius 3 is 2.80 bits per heavy atom. The first-order chi connectivity index (χ1) is 5.71. The predicted octanol–water partition coefficient (Wildman–Crippen LogP) is 0.0425. The number of aryl methyl sites for hydroxylation is 1. The van der Waals surface area contributed by atoms with E-state index in [1.807, 2.05) is 0 Å². The molecule has 0 saturated heterocycles. The standard InChI is InChI=1S/C6H11N3O/c1-6(2,10)5-7-4-9(3)8-5/h4,10H,1-3H3/i3D3. The first-order valence-electron chi connectivity index (χ1n) is 4.36. The van der Waals surface area contributed by atoms with E-state index in [2.05, 4.69) is 10.1 Å².